The maximum Gasteiger partial charge on any atom is 0.123 e. The van der Waals surface area contributed by atoms with Crippen LogP contribution in [0.2, 0.25) is 0 Å². The summed E-state index contributed by atoms with van der Waals surface area (Å²) in [7, 11) is 1.94. The lowest BCUT2D eigenvalue weighted by molar-refractivity contribution is 0.628. The van der Waals surface area contributed by atoms with Crippen molar-refractivity contribution in [3.63, 3.8) is 0 Å². The van der Waals surface area contributed by atoms with Crippen LogP contribution in [0.4, 0.5) is 15.8 Å². The van der Waals surface area contributed by atoms with E-state index in [1.54, 1.807) is 12.1 Å². The average molecular weight is 244 g/mol. The molecule has 0 spiro atoms. The molecule has 94 valence electrons. The van der Waals surface area contributed by atoms with Gasteiger partial charge in [0.25, 0.3) is 0 Å². The van der Waals surface area contributed by atoms with E-state index in [1.165, 1.54) is 12.1 Å². The zero-order valence-electron chi connectivity index (χ0n) is 11.9. The zero-order valence-corrected chi connectivity index (χ0v) is 10.9. The molecule has 0 N–H and O–H groups in total. The minimum Gasteiger partial charge on any atom is -0.345 e. The molecule has 0 unspecified atom stereocenters. The van der Waals surface area contributed by atoms with Crippen LogP contribution in [0.3, 0.4) is 0 Å². The van der Waals surface area contributed by atoms with Crippen molar-refractivity contribution < 1.29 is 5.76 Å². The van der Waals surface area contributed by atoms with Crippen molar-refractivity contribution in [3.8, 4) is 0 Å². The standard InChI is InChI=1S/C16H18FN/c1-12(2)13-4-8-15(9-5-13)18(3)16-10-6-14(17)7-11-16/h4-12H,1-3H3/i12D. The van der Waals surface area contributed by atoms with Crippen LogP contribution in [-0.4, -0.2) is 7.05 Å². The summed E-state index contributed by atoms with van der Waals surface area (Å²) in [5.74, 6) is -0.823. The summed E-state index contributed by atoms with van der Waals surface area (Å²) in [6.07, 6.45) is 0. The van der Waals surface area contributed by atoms with E-state index in [1.807, 2.05) is 50.1 Å². The molecule has 2 heteroatoms. The number of halogens is 1. The Morgan fingerprint density at radius 3 is 1.83 bits per heavy atom. The third-order valence-corrected chi connectivity index (χ3v) is 3.05. The van der Waals surface area contributed by atoms with E-state index in [0.29, 0.717) is 0 Å². The largest absolute Gasteiger partial charge is 0.345 e. The first-order valence-electron chi connectivity index (χ1n) is 6.48. The molecular weight excluding hydrogens is 225 g/mol. The molecule has 0 aliphatic rings. The lowest BCUT2D eigenvalue weighted by Crippen LogP contribution is -2.09. The Bertz CT molecular complexity index is 540. The molecule has 1 nitrogen and oxygen atoms in total. The van der Waals surface area contributed by atoms with Crippen molar-refractivity contribution in [2.24, 2.45) is 0 Å². The van der Waals surface area contributed by atoms with E-state index in [0.717, 1.165) is 16.9 Å². The van der Waals surface area contributed by atoms with Crippen LogP contribution in [0.25, 0.3) is 0 Å². The second kappa shape index (κ2) is 5.21. The summed E-state index contributed by atoms with van der Waals surface area (Å²) < 4.78 is 20.9. The third kappa shape index (κ3) is 2.70. The summed E-state index contributed by atoms with van der Waals surface area (Å²) in [5, 5.41) is 0. The van der Waals surface area contributed by atoms with E-state index in [4.69, 9.17) is 1.37 Å². The molecular formula is C16H18FN. The molecule has 0 saturated carbocycles. The molecule has 0 aliphatic carbocycles. The van der Waals surface area contributed by atoms with E-state index in [9.17, 15) is 4.39 Å². The van der Waals surface area contributed by atoms with Gasteiger partial charge in [0, 0.05) is 19.8 Å². The van der Waals surface area contributed by atoms with Crippen LogP contribution < -0.4 is 4.90 Å². The minimum atomic E-state index is -0.590. The van der Waals surface area contributed by atoms with Gasteiger partial charge >= 0.3 is 0 Å². The molecule has 0 heterocycles. The highest BCUT2D eigenvalue weighted by Gasteiger charge is 2.05. The first-order valence-corrected chi connectivity index (χ1v) is 5.98. The summed E-state index contributed by atoms with van der Waals surface area (Å²) in [6.45, 7) is 3.73. The fraction of sp³-hybridized carbons (Fsp3) is 0.250. The highest BCUT2D eigenvalue weighted by molar-refractivity contribution is 5.62. The summed E-state index contributed by atoms with van der Waals surface area (Å²) in [4.78, 5) is 1.99. The van der Waals surface area contributed by atoms with Crippen molar-refractivity contribution in [1.82, 2.24) is 0 Å². The van der Waals surface area contributed by atoms with Crippen LogP contribution in [0, 0.1) is 5.82 Å². The van der Waals surface area contributed by atoms with Gasteiger partial charge in [-0.15, -0.1) is 0 Å². The van der Waals surface area contributed by atoms with Crippen LogP contribution >= 0.6 is 0 Å². The smallest absolute Gasteiger partial charge is 0.123 e. The highest BCUT2D eigenvalue weighted by Crippen LogP contribution is 2.25. The zero-order chi connectivity index (χ0) is 14.0. The van der Waals surface area contributed by atoms with E-state index >= 15 is 0 Å². The molecule has 0 saturated heterocycles. The Morgan fingerprint density at radius 2 is 1.39 bits per heavy atom. The van der Waals surface area contributed by atoms with Gasteiger partial charge in [-0.1, -0.05) is 26.0 Å². The summed E-state index contributed by atoms with van der Waals surface area (Å²) in [6, 6.07) is 14.3. The maximum absolute atomic E-state index is 12.9. The first-order chi connectivity index (χ1) is 8.88. The number of anilines is 2. The normalized spacial score (nSPS) is 12.1. The van der Waals surface area contributed by atoms with Gasteiger partial charge in [0.05, 0.1) is 0 Å². The molecule has 0 fully saturated rings. The average Bonchev–Trinajstić information content (AvgIpc) is 2.38. The second-order valence-corrected chi connectivity index (χ2v) is 4.58. The Labute approximate surface area is 109 Å². The molecule has 0 aromatic heterocycles. The monoisotopic (exact) mass is 244 g/mol. The van der Waals surface area contributed by atoms with Crippen LogP contribution in [-0.2, 0) is 0 Å². The van der Waals surface area contributed by atoms with E-state index in [-0.39, 0.29) is 5.82 Å². The van der Waals surface area contributed by atoms with Gasteiger partial charge < -0.3 is 4.90 Å². The lowest BCUT2D eigenvalue weighted by Gasteiger charge is -2.20. The predicted octanol–water partition coefficient (Wildman–Crippen LogP) is 4.72. The number of benzene rings is 2. The number of rotatable bonds is 3. The molecule has 2 rings (SSSR count). The van der Waals surface area contributed by atoms with Crippen molar-refractivity contribution in [3.05, 3.63) is 59.9 Å². The molecule has 0 bridgehead atoms. The Morgan fingerprint density at radius 1 is 0.944 bits per heavy atom. The van der Waals surface area contributed by atoms with Crippen LogP contribution in [0.15, 0.2) is 48.5 Å². The van der Waals surface area contributed by atoms with Gasteiger partial charge in [0.2, 0.25) is 0 Å². The fourth-order valence-electron chi connectivity index (χ4n) is 1.83. The van der Waals surface area contributed by atoms with Gasteiger partial charge in [-0.05, 0) is 47.9 Å². The van der Waals surface area contributed by atoms with Crippen LogP contribution in [0.1, 0.15) is 26.7 Å². The Balaban J connectivity index is 2.25. The van der Waals surface area contributed by atoms with E-state index < -0.39 is 5.89 Å². The van der Waals surface area contributed by atoms with Crippen molar-refractivity contribution in [2.75, 3.05) is 11.9 Å². The van der Waals surface area contributed by atoms with Gasteiger partial charge in [0.15, 0.2) is 0 Å². The molecule has 0 radical (unpaired) electrons. The first kappa shape index (κ1) is 11.3. The Hall–Kier alpha value is -1.83. The SMILES string of the molecule is [2H]C(C)(C)c1ccc(N(C)c2ccc(F)cc2)cc1. The molecule has 0 amide bonds. The summed E-state index contributed by atoms with van der Waals surface area (Å²) >= 11 is 0. The predicted molar refractivity (Wildman–Crippen MR) is 75.0 cm³/mol. The summed E-state index contributed by atoms with van der Waals surface area (Å²) in [5.41, 5.74) is 2.92. The van der Waals surface area contributed by atoms with Gasteiger partial charge in [-0.3, -0.25) is 0 Å². The highest BCUT2D eigenvalue weighted by atomic mass is 19.1. The molecule has 2 aromatic rings. The quantitative estimate of drug-likeness (QED) is 0.755. The fourth-order valence-corrected chi connectivity index (χ4v) is 1.83. The second-order valence-electron chi connectivity index (χ2n) is 4.58. The number of nitrogens with zero attached hydrogens (tertiary/aromatic N) is 1. The topological polar surface area (TPSA) is 3.24 Å². The van der Waals surface area contributed by atoms with E-state index in [2.05, 4.69) is 0 Å². The third-order valence-electron chi connectivity index (χ3n) is 3.05. The van der Waals surface area contributed by atoms with Crippen molar-refractivity contribution >= 4 is 11.4 Å². The number of hydrogen-bond acceptors (Lipinski definition) is 1. The van der Waals surface area contributed by atoms with Crippen LogP contribution in [0.5, 0.6) is 0 Å². The van der Waals surface area contributed by atoms with Crippen molar-refractivity contribution in [1.29, 1.82) is 0 Å². The van der Waals surface area contributed by atoms with Gasteiger partial charge in [-0.25, -0.2) is 4.39 Å². The molecule has 0 atom stereocenters. The maximum atomic E-state index is 12.9. The minimum absolute atomic E-state index is 0.233. The van der Waals surface area contributed by atoms with Gasteiger partial charge in [0.1, 0.15) is 5.82 Å². The van der Waals surface area contributed by atoms with Crippen molar-refractivity contribution in [2.45, 2.75) is 19.7 Å². The molecule has 2 aromatic carbocycles. The lowest BCUT2D eigenvalue weighted by atomic mass is 10.0. The molecule has 0 aliphatic heterocycles. The number of hydrogen-bond donors (Lipinski definition) is 0. The Kier molecular flexibility index (Phi) is 3.26. The van der Waals surface area contributed by atoms with Gasteiger partial charge in [-0.2, -0.15) is 0 Å². The molecule has 18 heavy (non-hydrogen) atoms.